The SMILES string of the molecule is CCCCCCCCC/C=C\CCCCCCCCCCCCCC(=O)N[C@@H](CO[C@@H]1OC(CO)[C@@H](O[C@@H]2OC(CO)[C@H](O[C@@H]3OC(CO)[C@H](O)[C@H](O)C3NC(C)=O)[C@H](O[C@]3(C(=O)O)CC(O)[C@@H](NC(=O)CO)C([C@H](O)[C@H](O)CO)O3)C2O)[C@H](O)C1O)[C@H](O)/C=C/CCCCCCCCCCCCC. The zero-order valence-electron chi connectivity index (χ0n) is 61.9. The predicted octanol–water partition coefficient (Wildman–Crippen LogP) is 2.61. The fourth-order valence-electron chi connectivity index (χ4n) is 13.8. The first kappa shape index (κ1) is 92.9. The molecule has 0 aromatic heterocycles. The summed E-state index contributed by atoms with van der Waals surface area (Å²) >= 11 is 0. The molecule has 0 radical (unpaired) electrons. The smallest absolute Gasteiger partial charge is 0.364 e. The molecule has 0 saturated carbocycles. The number of allylic oxidation sites excluding steroid dienone is 3. The first-order chi connectivity index (χ1) is 50.1. The van der Waals surface area contributed by atoms with Crippen molar-refractivity contribution < 1.29 is 134 Å². The predicted molar refractivity (Wildman–Crippen MR) is 379 cm³/mol. The molecule has 0 aromatic carbocycles. The molecular weight excluding hydrogens is 1360 g/mol. The molecule has 0 bridgehead atoms. The summed E-state index contributed by atoms with van der Waals surface area (Å²) < 4.78 is 47.9. The normalized spacial score (nSPS) is 30.9. The zero-order chi connectivity index (χ0) is 76.4. The summed E-state index contributed by atoms with van der Waals surface area (Å²) in [5, 5.41) is 173. The van der Waals surface area contributed by atoms with Gasteiger partial charge < -0.3 is 130 Å². The van der Waals surface area contributed by atoms with Crippen molar-refractivity contribution in [3.8, 4) is 0 Å². The number of amides is 3. The molecule has 18 N–H and O–H groups in total. The lowest BCUT2D eigenvalue weighted by molar-refractivity contribution is -0.401. The van der Waals surface area contributed by atoms with Gasteiger partial charge in [-0.3, -0.25) is 14.4 Å². The van der Waals surface area contributed by atoms with Crippen LogP contribution in [0.25, 0.3) is 0 Å². The number of hydrogen-bond acceptors (Lipinski definition) is 26. The van der Waals surface area contributed by atoms with Crippen molar-refractivity contribution in [2.45, 2.75) is 380 Å². The highest BCUT2D eigenvalue weighted by Gasteiger charge is 2.62. The summed E-state index contributed by atoms with van der Waals surface area (Å²) in [7, 11) is 0. The molecule has 4 aliphatic heterocycles. The number of nitrogens with one attached hydrogen (secondary N) is 3. The van der Waals surface area contributed by atoms with Crippen LogP contribution in [0, 0.1) is 0 Å². The number of carboxylic acid groups (broad SMARTS) is 1. The van der Waals surface area contributed by atoms with Gasteiger partial charge in [0.05, 0.1) is 57.3 Å². The molecule has 8 unspecified atom stereocenters. The highest BCUT2D eigenvalue weighted by Crippen LogP contribution is 2.40. The van der Waals surface area contributed by atoms with E-state index in [2.05, 4.69) is 41.9 Å². The average molecular weight is 1500 g/mol. The van der Waals surface area contributed by atoms with Crippen molar-refractivity contribution in [3.05, 3.63) is 24.3 Å². The molecule has 30 nitrogen and oxygen atoms in total. The van der Waals surface area contributed by atoms with Gasteiger partial charge in [-0.2, -0.15) is 0 Å². The number of aliphatic hydroxyl groups excluding tert-OH is 14. The Morgan fingerprint density at radius 3 is 1.47 bits per heavy atom. The Hall–Kier alpha value is -3.52. The van der Waals surface area contributed by atoms with Crippen molar-refractivity contribution in [2.75, 3.05) is 39.6 Å². The quantitative estimate of drug-likeness (QED) is 0.0307. The van der Waals surface area contributed by atoms with E-state index in [9.17, 15) is 95.8 Å². The maximum Gasteiger partial charge on any atom is 0.364 e. The van der Waals surface area contributed by atoms with Gasteiger partial charge in [0.2, 0.25) is 17.7 Å². The molecule has 23 atom stereocenters. The number of aliphatic hydroxyl groups is 14. The van der Waals surface area contributed by atoms with Crippen molar-refractivity contribution in [3.63, 3.8) is 0 Å². The van der Waals surface area contributed by atoms with Crippen LogP contribution in [0.2, 0.25) is 0 Å². The minimum atomic E-state index is -3.35. The number of hydrogen-bond donors (Lipinski definition) is 18. The Balaban J connectivity index is 1.48. The Morgan fingerprint density at radius 2 is 0.981 bits per heavy atom. The second kappa shape index (κ2) is 52.6. The van der Waals surface area contributed by atoms with Crippen LogP contribution in [0.4, 0.5) is 0 Å². The molecule has 0 aromatic rings. The molecule has 104 heavy (non-hydrogen) atoms. The molecule has 0 aliphatic carbocycles. The second-order valence-electron chi connectivity index (χ2n) is 28.6. The fourth-order valence-corrected chi connectivity index (χ4v) is 13.8. The van der Waals surface area contributed by atoms with E-state index in [1.165, 1.54) is 128 Å². The molecule has 4 fully saturated rings. The standard InChI is InChI=1S/C74H133N3O27/c1-4-6-8-10-12-14-16-18-19-20-21-22-23-24-25-26-28-30-32-34-36-38-40-56(87)76-49(50(84)39-37-35-33-31-29-27-17-15-13-11-9-7-5-2)47-97-71-64(93)63(92)66(54(44-80)99-71)101-72-65(94)69(67(55(45-81)100-72)102-70-59(75-48(3)83)62(91)61(90)53(43-79)98-70)104-74(73(95)96)41-51(85)58(77-57(88)46-82)68(103-74)60(89)52(86)42-78/h19-20,37,39,49-55,58-72,78-82,84-86,89-94H,4-18,21-36,38,40-47H2,1-3H3,(H,75,83)(H,76,87)(H,77,88)(H,95,96)/b20-19-,39-37+/t49-,50+,51?,52+,53?,54?,55?,58+,59?,60+,61-,62+,63+,64?,65?,66+,67-,68?,69+,70-,71+,72-,74-/m0/s1. The van der Waals surface area contributed by atoms with Crippen LogP contribution in [0.3, 0.4) is 0 Å². The summed E-state index contributed by atoms with van der Waals surface area (Å²) in [6.45, 7) is -0.583. The van der Waals surface area contributed by atoms with E-state index in [0.29, 0.717) is 12.8 Å². The lowest BCUT2D eigenvalue weighted by atomic mass is 9.88. The second-order valence-corrected chi connectivity index (χ2v) is 28.6. The van der Waals surface area contributed by atoms with E-state index in [1.54, 1.807) is 6.08 Å². The van der Waals surface area contributed by atoms with E-state index in [4.69, 9.17) is 37.9 Å². The number of carbonyl (C=O) groups is 4. The van der Waals surface area contributed by atoms with Crippen LogP contribution in [-0.2, 0) is 57.1 Å². The summed E-state index contributed by atoms with van der Waals surface area (Å²) in [6.07, 6.45) is 5.30. The minimum absolute atomic E-state index is 0.150. The average Bonchev–Trinajstić information content (AvgIpc) is 0.763. The van der Waals surface area contributed by atoms with Gasteiger partial charge in [0, 0.05) is 19.8 Å². The van der Waals surface area contributed by atoms with Gasteiger partial charge in [0.15, 0.2) is 18.9 Å². The maximum absolute atomic E-state index is 13.6. The van der Waals surface area contributed by atoms with E-state index in [-0.39, 0.29) is 12.3 Å². The first-order valence-electron chi connectivity index (χ1n) is 38.9. The lowest BCUT2D eigenvalue weighted by Crippen LogP contribution is -2.72. The van der Waals surface area contributed by atoms with Gasteiger partial charge in [0.1, 0.15) is 98.1 Å². The monoisotopic (exact) mass is 1500 g/mol. The van der Waals surface area contributed by atoms with Gasteiger partial charge in [-0.1, -0.05) is 199 Å². The van der Waals surface area contributed by atoms with Gasteiger partial charge >= 0.3 is 5.97 Å². The number of aliphatic carboxylic acids is 1. The van der Waals surface area contributed by atoms with Crippen molar-refractivity contribution in [1.82, 2.24) is 16.0 Å². The van der Waals surface area contributed by atoms with E-state index in [1.807, 2.05) is 6.08 Å². The molecule has 30 heteroatoms. The number of carbonyl (C=O) groups excluding carboxylic acids is 3. The minimum Gasteiger partial charge on any atom is -0.477 e. The summed E-state index contributed by atoms with van der Waals surface area (Å²) in [5.74, 6) is -7.86. The number of carboxylic acids is 1. The molecule has 4 rings (SSSR count). The number of unbranched alkanes of at least 4 members (excludes halogenated alkanes) is 29. The van der Waals surface area contributed by atoms with Crippen molar-refractivity contribution in [2.24, 2.45) is 0 Å². The third-order valence-corrected chi connectivity index (χ3v) is 20.0. The Bertz CT molecular complexity index is 2370. The largest absolute Gasteiger partial charge is 0.477 e. The van der Waals surface area contributed by atoms with E-state index >= 15 is 0 Å². The molecule has 606 valence electrons. The third kappa shape index (κ3) is 31.8. The van der Waals surface area contributed by atoms with Crippen LogP contribution in [-0.4, -0.2) is 280 Å². The topological polar surface area (TPSA) is 482 Å². The first-order valence-corrected chi connectivity index (χ1v) is 38.9. The van der Waals surface area contributed by atoms with Gasteiger partial charge in [-0.05, 0) is 44.9 Å². The number of ether oxygens (including phenoxy) is 8. The molecule has 3 amide bonds. The van der Waals surface area contributed by atoms with Crippen molar-refractivity contribution in [1.29, 1.82) is 0 Å². The van der Waals surface area contributed by atoms with Crippen LogP contribution < -0.4 is 16.0 Å². The third-order valence-electron chi connectivity index (χ3n) is 20.0. The molecule has 4 aliphatic rings. The Morgan fingerprint density at radius 1 is 0.510 bits per heavy atom. The van der Waals surface area contributed by atoms with Crippen LogP contribution in [0.5, 0.6) is 0 Å². The molecular formula is C74H133N3O27. The van der Waals surface area contributed by atoms with Crippen LogP contribution in [0.15, 0.2) is 24.3 Å². The summed E-state index contributed by atoms with van der Waals surface area (Å²) in [4.78, 5) is 52.2. The zero-order valence-corrected chi connectivity index (χ0v) is 61.9. The van der Waals surface area contributed by atoms with Crippen molar-refractivity contribution >= 4 is 23.7 Å². The molecule has 0 spiro atoms. The summed E-state index contributed by atoms with van der Waals surface area (Å²) in [5.41, 5.74) is 0. The van der Waals surface area contributed by atoms with Crippen LogP contribution in [0.1, 0.15) is 239 Å². The van der Waals surface area contributed by atoms with Gasteiger partial charge in [0.25, 0.3) is 5.79 Å². The fraction of sp³-hybridized carbons (Fsp3) is 0.892. The van der Waals surface area contributed by atoms with Gasteiger partial charge in [-0.25, -0.2) is 4.79 Å². The molecule has 4 saturated heterocycles. The lowest BCUT2D eigenvalue weighted by Gasteiger charge is -2.52. The highest BCUT2D eigenvalue weighted by molar-refractivity contribution is 5.78. The van der Waals surface area contributed by atoms with E-state index < -0.39 is 204 Å². The Labute approximate surface area is 614 Å². The van der Waals surface area contributed by atoms with E-state index in [0.717, 1.165) is 71.1 Å². The molecule has 4 heterocycles. The Kier molecular flexibility index (Phi) is 46.9. The van der Waals surface area contributed by atoms with Gasteiger partial charge in [-0.15, -0.1) is 0 Å². The van der Waals surface area contributed by atoms with Crippen LogP contribution >= 0.6 is 0 Å². The summed E-state index contributed by atoms with van der Waals surface area (Å²) in [6, 6.07) is -4.71. The maximum atomic E-state index is 13.6. The number of rotatable bonds is 56. The highest BCUT2D eigenvalue weighted by atomic mass is 16.8.